The van der Waals surface area contributed by atoms with Crippen LogP contribution in [-0.2, 0) is 0 Å². The van der Waals surface area contributed by atoms with Gasteiger partial charge in [0.15, 0.2) is 0 Å². The van der Waals surface area contributed by atoms with E-state index < -0.39 is 0 Å². The molecule has 2 aromatic rings. The van der Waals surface area contributed by atoms with Crippen molar-refractivity contribution in [2.45, 2.75) is 38.1 Å². The van der Waals surface area contributed by atoms with Crippen LogP contribution in [0.25, 0.3) is 11.4 Å². The minimum absolute atomic E-state index is 0.511. The van der Waals surface area contributed by atoms with Crippen LogP contribution < -0.4 is 0 Å². The maximum atomic E-state index is 4.66. The van der Waals surface area contributed by atoms with Crippen LogP contribution in [0.5, 0.6) is 0 Å². The smallest absolute Gasteiger partial charge is 0.137 e. The van der Waals surface area contributed by atoms with Crippen molar-refractivity contribution in [2.24, 2.45) is 4.99 Å². The molecule has 19 heavy (non-hydrogen) atoms. The molecule has 3 rings (SSSR count). The molecule has 0 atom stereocenters. The van der Waals surface area contributed by atoms with Crippen molar-refractivity contribution in [1.82, 2.24) is 9.97 Å². The van der Waals surface area contributed by atoms with Gasteiger partial charge >= 0.3 is 0 Å². The number of nitrogens with zero attached hydrogens (tertiary/aromatic N) is 2. The van der Waals surface area contributed by atoms with Crippen LogP contribution in [0.15, 0.2) is 41.5 Å². The zero-order valence-corrected chi connectivity index (χ0v) is 11.0. The van der Waals surface area contributed by atoms with E-state index in [1.165, 1.54) is 32.1 Å². The predicted molar refractivity (Wildman–Crippen MR) is 78.5 cm³/mol. The molecule has 0 unspecified atom stereocenters. The van der Waals surface area contributed by atoms with Crippen LogP contribution in [0.2, 0.25) is 0 Å². The van der Waals surface area contributed by atoms with E-state index >= 15 is 0 Å². The van der Waals surface area contributed by atoms with E-state index in [2.05, 4.69) is 27.1 Å². The highest BCUT2D eigenvalue weighted by Gasteiger charge is 2.11. The van der Waals surface area contributed by atoms with Gasteiger partial charge in [0, 0.05) is 11.8 Å². The van der Waals surface area contributed by atoms with Crippen LogP contribution in [0, 0.1) is 0 Å². The third-order valence-electron chi connectivity index (χ3n) is 3.64. The number of aromatic nitrogens is 2. The highest BCUT2D eigenvalue weighted by atomic mass is 14.9. The quantitative estimate of drug-likeness (QED) is 0.830. The van der Waals surface area contributed by atoms with Crippen LogP contribution in [0.4, 0.5) is 0 Å². The molecule has 1 aromatic carbocycles. The molecule has 1 aliphatic rings. The molecule has 0 aliphatic heterocycles. The number of hydrogen-bond donors (Lipinski definition) is 1. The number of hydrogen-bond acceptors (Lipinski definition) is 2. The first kappa shape index (κ1) is 12.2. The van der Waals surface area contributed by atoms with Crippen molar-refractivity contribution in [3.05, 3.63) is 42.2 Å². The normalized spacial score (nSPS) is 17.1. The molecule has 3 nitrogen and oxygen atoms in total. The summed E-state index contributed by atoms with van der Waals surface area (Å²) in [5.41, 5.74) is 2.10. The number of nitrogens with one attached hydrogen (secondary N) is 1. The number of aliphatic imine (C=N–C) groups is 1. The monoisotopic (exact) mass is 253 g/mol. The molecule has 1 aliphatic carbocycles. The molecule has 1 aromatic heterocycles. The minimum Gasteiger partial charge on any atom is -0.337 e. The van der Waals surface area contributed by atoms with Gasteiger partial charge in [0.05, 0.1) is 17.9 Å². The summed E-state index contributed by atoms with van der Waals surface area (Å²) < 4.78 is 0. The van der Waals surface area contributed by atoms with Gasteiger partial charge < -0.3 is 4.98 Å². The average molecular weight is 253 g/mol. The lowest BCUT2D eigenvalue weighted by Crippen LogP contribution is -2.09. The average Bonchev–Trinajstić information content (AvgIpc) is 2.96. The van der Waals surface area contributed by atoms with Gasteiger partial charge in [-0.05, 0) is 12.8 Å². The van der Waals surface area contributed by atoms with E-state index in [0.29, 0.717) is 6.04 Å². The summed E-state index contributed by atoms with van der Waals surface area (Å²) in [6.07, 6.45) is 10.3. The van der Waals surface area contributed by atoms with E-state index in [1.54, 1.807) is 0 Å². The van der Waals surface area contributed by atoms with Crippen molar-refractivity contribution >= 4 is 6.21 Å². The number of H-pyrrole nitrogens is 1. The fraction of sp³-hybridized carbons (Fsp3) is 0.375. The zero-order chi connectivity index (χ0) is 12.9. The molecule has 1 N–H and O–H groups in total. The predicted octanol–water partition coefficient (Wildman–Crippen LogP) is 3.83. The maximum absolute atomic E-state index is 4.66. The Kier molecular flexibility index (Phi) is 3.73. The van der Waals surface area contributed by atoms with Gasteiger partial charge in [-0.1, -0.05) is 49.6 Å². The van der Waals surface area contributed by atoms with Crippen molar-refractivity contribution in [1.29, 1.82) is 0 Å². The molecule has 1 fully saturated rings. The highest BCUT2D eigenvalue weighted by Crippen LogP contribution is 2.20. The SMILES string of the molecule is C(=NC1CCCCC1)c1cnc(-c2ccccc2)[nH]1. The second kappa shape index (κ2) is 5.83. The highest BCUT2D eigenvalue weighted by molar-refractivity contribution is 5.78. The third-order valence-corrected chi connectivity index (χ3v) is 3.64. The number of aromatic amines is 1. The second-order valence-corrected chi connectivity index (χ2v) is 5.12. The van der Waals surface area contributed by atoms with Gasteiger partial charge in [-0.15, -0.1) is 0 Å². The fourth-order valence-corrected chi connectivity index (χ4v) is 2.56. The minimum atomic E-state index is 0.511. The Bertz CT molecular complexity index is 536. The molecule has 0 bridgehead atoms. The molecule has 3 heteroatoms. The van der Waals surface area contributed by atoms with Gasteiger partial charge in [0.1, 0.15) is 5.82 Å². The summed E-state index contributed by atoms with van der Waals surface area (Å²) in [5, 5.41) is 0. The van der Waals surface area contributed by atoms with E-state index in [-0.39, 0.29) is 0 Å². The van der Waals surface area contributed by atoms with Gasteiger partial charge in [-0.25, -0.2) is 4.98 Å². The molecule has 98 valence electrons. The van der Waals surface area contributed by atoms with Crippen molar-refractivity contribution in [3.8, 4) is 11.4 Å². The summed E-state index contributed by atoms with van der Waals surface area (Å²) in [6.45, 7) is 0. The van der Waals surface area contributed by atoms with E-state index in [4.69, 9.17) is 0 Å². The summed E-state index contributed by atoms with van der Waals surface area (Å²) in [4.78, 5) is 12.4. The molecule has 1 heterocycles. The van der Waals surface area contributed by atoms with Crippen molar-refractivity contribution in [2.75, 3.05) is 0 Å². The molecule has 1 saturated carbocycles. The summed E-state index contributed by atoms with van der Waals surface area (Å²) in [7, 11) is 0. The number of benzene rings is 1. The lowest BCUT2D eigenvalue weighted by atomic mass is 9.96. The maximum Gasteiger partial charge on any atom is 0.137 e. The van der Waals surface area contributed by atoms with Gasteiger partial charge in [0.2, 0.25) is 0 Å². The molecule has 0 spiro atoms. The van der Waals surface area contributed by atoms with Crippen LogP contribution in [0.1, 0.15) is 37.8 Å². The molecular weight excluding hydrogens is 234 g/mol. The van der Waals surface area contributed by atoms with Crippen molar-refractivity contribution in [3.63, 3.8) is 0 Å². The third kappa shape index (κ3) is 3.11. The Labute approximate surface area is 113 Å². The Morgan fingerprint density at radius 2 is 1.89 bits per heavy atom. The fourth-order valence-electron chi connectivity index (χ4n) is 2.56. The van der Waals surface area contributed by atoms with E-state index in [0.717, 1.165) is 17.1 Å². The topological polar surface area (TPSA) is 41.0 Å². The van der Waals surface area contributed by atoms with Crippen LogP contribution in [0.3, 0.4) is 0 Å². The first-order valence-electron chi connectivity index (χ1n) is 7.05. The lowest BCUT2D eigenvalue weighted by Gasteiger charge is -2.16. The number of rotatable bonds is 3. The van der Waals surface area contributed by atoms with Gasteiger partial charge in [-0.3, -0.25) is 4.99 Å². The first-order chi connectivity index (χ1) is 9.42. The van der Waals surface area contributed by atoms with E-state index in [1.807, 2.05) is 30.6 Å². The number of imidazole rings is 1. The molecule has 0 amide bonds. The standard InChI is InChI=1S/C16H19N3/c1-3-7-13(8-4-1)16-18-12-15(19-16)11-17-14-9-5-2-6-10-14/h1,3-4,7-8,11-12,14H,2,5-6,9-10H2,(H,18,19). The summed E-state index contributed by atoms with van der Waals surface area (Å²) in [5.74, 6) is 0.908. The Hall–Kier alpha value is -1.90. The Morgan fingerprint density at radius 3 is 2.68 bits per heavy atom. The van der Waals surface area contributed by atoms with Gasteiger partial charge in [0.25, 0.3) is 0 Å². The summed E-state index contributed by atoms with van der Waals surface area (Å²) in [6, 6.07) is 10.7. The molecule has 0 saturated heterocycles. The Balaban J connectivity index is 1.69. The van der Waals surface area contributed by atoms with Crippen molar-refractivity contribution < 1.29 is 0 Å². The zero-order valence-electron chi connectivity index (χ0n) is 11.0. The second-order valence-electron chi connectivity index (χ2n) is 5.12. The first-order valence-corrected chi connectivity index (χ1v) is 7.05. The molecular formula is C16H19N3. The van der Waals surface area contributed by atoms with Gasteiger partial charge in [-0.2, -0.15) is 0 Å². The largest absolute Gasteiger partial charge is 0.337 e. The summed E-state index contributed by atoms with van der Waals surface area (Å²) >= 11 is 0. The van der Waals surface area contributed by atoms with E-state index in [9.17, 15) is 0 Å². The van der Waals surface area contributed by atoms with Crippen LogP contribution in [-0.4, -0.2) is 22.2 Å². The molecule has 0 radical (unpaired) electrons. The van der Waals surface area contributed by atoms with Crippen LogP contribution >= 0.6 is 0 Å². The Morgan fingerprint density at radius 1 is 1.11 bits per heavy atom. The lowest BCUT2D eigenvalue weighted by molar-refractivity contribution is 0.444.